The van der Waals surface area contributed by atoms with Gasteiger partial charge in [0.05, 0.1) is 0 Å². The van der Waals surface area contributed by atoms with E-state index in [0.29, 0.717) is 17.4 Å². The summed E-state index contributed by atoms with van der Waals surface area (Å²) in [6, 6.07) is 12.2. The maximum atomic E-state index is 13.0. The van der Waals surface area contributed by atoms with Crippen molar-refractivity contribution in [2.24, 2.45) is 4.99 Å². The molecule has 0 aliphatic carbocycles. The normalized spacial score (nSPS) is 15.0. The lowest BCUT2D eigenvalue weighted by atomic mass is 10.0. The molecule has 2 aromatic heterocycles. The molecule has 7 nitrogen and oxygen atoms in total. The van der Waals surface area contributed by atoms with Crippen LogP contribution < -0.4 is 10.2 Å². The number of piperidine rings is 1. The molecule has 1 saturated heterocycles. The van der Waals surface area contributed by atoms with Crippen molar-refractivity contribution in [3.63, 3.8) is 0 Å². The molecule has 0 radical (unpaired) electrons. The average Bonchev–Trinajstić information content (AvgIpc) is 2.86. The molecule has 0 spiro atoms. The highest BCUT2D eigenvalue weighted by atomic mass is 32.2. The van der Waals surface area contributed by atoms with E-state index in [2.05, 4.69) is 56.8 Å². The van der Waals surface area contributed by atoms with Gasteiger partial charge in [-0.05, 0) is 68.4 Å². The number of thioether (sulfide) groups is 1. The number of hydrogen-bond acceptors (Lipinski definition) is 7. The van der Waals surface area contributed by atoms with Crippen LogP contribution >= 0.6 is 11.8 Å². The maximum Gasteiger partial charge on any atom is 0.257 e. The van der Waals surface area contributed by atoms with Gasteiger partial charge in [0.1, 0.15) is 16.7 Å². The van der Waals surface area contributed by atoms with Gasteiger partial charge in [-0.25, -0.2) is 9.97 Å². The molecule has 35 heavy (non-hydrogen) atoms. The molecule has 1 N–H and O–H groups in total. The smallest absolute Gasteiger partial charge is 0.257 e. The Kier molecular flexibility index (Phi) is 7.83. The van der Waals surface area contributed by atoms with Gasteiger partial charge >= 0.3 is 0 Å². The Morgan fingerprint density at radius 1 is 1.11 bits per heavy atom. The van der Waals surface area contributed by atoms with E-state index in [1.807, 2.05) is 31.2 Å². The molecule has 1 aromatic carbocycles. The summed E-state index contributed by atoms with van der Waals surface area (Å²) >= 11 is 1.55. The predicted molar refractivity (Wildman–Crippen MR) is 148 cm³/mol. The average molecular weight is 489 g/mol. The third-order valence-electron chi connectivity index (χ3n) is 6.21. The van der Waals surface area contributed by atoms with Crippen molar-refractivity contribution in [2.45, 2.75) is 25.8 Å². The number of hydrogen-bond donors (Lipinski definition) is 1. The number of nitrogens with zero attached hydrogens (tertiary/aromatic N) is 5. The molecule has 0 saturated carbocycles. The Hall–Kier alpha value is -3.23. The van der Waals surface area contributed by atoms with Crippen molar-refractivity contribution in [1.82, 2.24) is 14.9 Å². The molecule has 1 aliphatic heterocycles. The number of rotatable bonds is 6. The van der Waals surface area contributed by atoms with E-state index < -0.39 is 0 Å². The Labute approximate surface area is 211 Å². The standard InChI is InChI=1S/C27H32N6OS/c1-18(2)35-27(28-3)20-6-7-21-17-30-24(15-22(21)14-20)31-26(34)19-8-11-29-25(16-19)33-12-9-23(10-13-33)32(4)5/h6-8,11,14-17,23H,1,9-10,12-13H2,2-5H3,(H,30,31,34). The third kappa shape index (κ3) is 6.07. The van der Waals surface area contributed by atoms with E-state index in [4.69, 9.17) is 0 Å². The number of aliphatic imine (C=N–C) groups is 1. The lowest BCUT2D eigenvalue weighted by molar-refractivity contribution is 0.102. The Morgan fingerprint density at radius 3 is 2.57 bits per heavy atom. The molecule has 8 heteroatoms. The number of aromatic nitrogens is 2. The molecular weight excluding hydrogens is 456 g/mol. The summed E-state index contributed by atoms with van der Waals surface area (Å²) in [4.78, 5) is 31.9. The van der Waals surface area contributed by atoms with Crippen molar-refractivity contribution in [2.75, 3.05) is 44.4 Å². The topological polar surface area (TPSA) is 73.7 Å². The molecular formula is C27H32N6OS. The first-order chi connectivity index (χ1) is 16.8. The van der Waals surface area contributed by atoms with Crippen LogP contribution in [0.4, 0.5) is 11.6 Å². The van der Waals surface area contributed by atoms with Crippen LogP contribution in [-0.2, 0) is 0 Å². The summed E-state index contributed by atoms with van der Waals surface area (Å²) in [5.41, 5.74) is 1.58. The molecule has 182 valence electrons. The summed E-state index contributed by atoms with van der Waals surface area (Å²) in [6.07, 6.45) is 5.65. The van der Waals surface area contributed by atoms with Crippen LogP contribution in [0.3, 0.4) is 0 Å². The molecule has 1 aliphatic rings. The molecule has 0 bridgehead atoms. The van der Waals surface area contributed by atoms with E-state index in [1.165, 1.54) is 0 Å². The van der Waals surface area contributed by atoms with Crippen molar-refractivity contribution in [3.05, 3.63) is 71.4 Å². The fourth-order valence-electron chi connectivity index (χ4n) is 4.27. The molecule has 3 aromatic rings. The highest BCUT2D eigenvalue weighted by Gasteiger charge is 2.22. The SMILES string of the molecule is C=C(C)SC(=NC)c1ccc2cnc(NC(=O)c3ccnc(N4CCC(N(C)C)CC4)c3)cc2c1. The number of amides is 1. The number of fused-ring (bicyclic) bond motifs is 1. The van der Waals surface area contributed by atoms with Crippen molar-refractivity contribution in [3.8, 4) is 0 Å². The van der Waals surface area contributed by atoms with Crippen LogP contribution in [-0.4, -0.2) is 66.1 Å². The van der Waals surface area contributed by atoms with Crippen LogP contribution in [0.25, 0.3) is 10.8 Å². The number of carbonyl (C=O) groups excluding carboxylic acids is 1. The first kappa shape index (κ1) is 24.9. The van der Waals surface area contributed by atoms with Gasteiger partial charge in [-0.2, -0.15) is 0 Å². The number of allylic oxidation sites excluding steroid dienone is 1. The number of nitrogens with one attached hydrogen (secondary N) is 1. The quantitative estimate of drug-likeness (QED) is 0.386. The number of carbonyl (C=O) groups is 1. The van der Waals surface area contributed by atoms with Crippen molar-refractivity contribution >= 4 is 45.1 Å². The zero-order chi connectivity index (χ0) is 24.9. The van der Waals surface area contributed by atoms with Crippen LogP contribution in [0, 0.1) is 0 Å². The van der Waals surface area contributed by atoms with Gasteiger partial charge < -0.3 is 15.1 Å². The summed E-state index contributed by atoms with van der Waals surface area (Å²) < 4.78 is 0. The molecule has 0 atom stereocenters. The van der Waals surface area contributed by atoms with E-state index in [0.717, 1.165) is 58.0 Å². The molecule has 4 rings (SSSR count). The van der Waals surface area contributed by atoms with Crippen LogP contribution in [0.1, 0.15) is 35.7 Å². The number of pyridine rings is 2. The van der Waals surface area contributed by atoms with E-state index in [1.54, 1.807) is 37.3 Å². The predicted octanol–water partition coefficient (Wildman–Crippen LogP) is 5.06. The minimum atomic E-state index is -0.200. The van der Waals surface area contributed by atoms with Crippen molar-refractivity contribution < 1.29 is 4.79 Å². The first-order valence-electron chi connectivity index (χ1n) is 11.7. The van der Waals surface area contributed by atoms with Gasteiger partial charge in [0.2, 0.25) is 0 Å². The second kappa shape index (κ2) is 11.0. The zero-order valence-electron chi connectivity index (χ0n) is 20.8. The molecule has 1 amide bonds. The highest BCUT2D eigenvalue weighted by molar-refractivity contribution is 8.17. The minimum Gasteiger partial charge on any atom is -0.356 e. The highest BCUT2D eigenvalue weighted by Crippen LogP contribution is 2.25. The molecule has 0 unspecified atom stereocenters. The monoisotopic (exact) mass is 488 g/mol. The van der Waals surface area contributed by atoms with Gasteiger partial charge in [-0.15, -0.1) is 0 Å². The fraction of sp³-hybridized carbons (Fsp3) is 0.333. The van der Waals surface area contributed by atoms with E-state index in [9.17, 15) is 4.79 Å². The first-order valence-corrected chi connectivity index (χ1v) is 12.5. The zero-order valence-corrected chi connectivity index (χ0v) is 21.6. The summed E-state index contributed by atoms with van der Waals surface area (Å²) in [5, 5.41) is 5.83. The van der Waals surface area contributed by atoms with Gasteiger partial charge in [0.25, 0.3) is 5.91 Å². The van der Waals surface area contributed by atoms with Crippen molar-refractivity contribution in [1.29, 1.82) is 0 Å². The Balaban J connectivity index is 1.49. The lowest BCUT2D eigenvalue weighted by Crippen LogP contribution is -2.42. The van der Waals surface area contributed by atoms with Gasteiger partial charge in [-0.3, -0.25) is 9.79 Å². The second-order valence-corrected chi connectivity index (χ2v) is 10.3. The fourth-order valence-corrected chi connectivity index (χ4v) is 4.94. The van der Waals surface area contributed by atoms with E-state index >= 15 is 0 Å². The number of benzene rings is 1. The van der Waals surface area contributed by atoms with Crippen LogP contribution in [0.2, 0.25) is 0 Å². The summed E-state index contributed by atoms with van der Waals surface area (Å²) in [6.45, 7) is 7.80. The molecule has 3 heterocycles. The Bertz CT molecular complexity index is 1260. The molecule has 1 fully saturated rings. The second-order valence-electron chi connectivity index (χ2n) is 9.00. The Morgan fingerprint density at radius 2 is 1.89 bits per heavy atom. The van der Waals surface area contributed by atoms with Crippen LogP contribution in [0.5, 0.6) is 0 Å². The maximum absolute atomic E-state index is 13.0. The van der Waals surface area contributed by atoms with Gasteiger partial charge in [0.15, 0.2) is 0 Å². The van der Waals surface area contributed by atoms with Gasteiger partial charge in [-0.1, -0.05) is 30.5 Å². The summed E-state index contributed by atoms with van der Waals surface area (Å²) in [7, 11) is 6.03. The minimum absolute atomic E-state index is 0.200. The lowest BCUT2D eigenvalue weighted by Gasteiger charge is -2.35. The summed E-state index contributed by atoms with van der Waals surface area (Å²) in [5.74, 6) is 1.15. The van der Waals surface area contributed by atoms with Gasteiger partial charge in [0, 0.05) is 55.1 Å². The largest absolute Gasteiger partial charge is 0.356 e. The number of anilines is 2. The third-order valence-corrected chi connectivity index (χ3v) is 7.17. The van der Waals surface area contributed by atoms with E-state index in [-0.39, 0.29) is 5.91 Å². The van der Waals surface area contributed by atoms with Crippen LogP contribution in [0.15, 0.2) is 65.3 Å².